The summed E-state index contributed by atoms with van der Waals surface area (Å²) in [4.78, 5) is 73.0. The molecule has 0 spiro atoms. The standard InChI is InChI=1S/C32H35BrO13/c1-6-40-28(39)13-21-8-7-9-22(12-21)24-14-23(25(38)15-33)10-11-26(24)45-32-31(44-20(5)37)30(43-19(4)36)29(42-18(3)35)27(46-32)16-41-17(2)34/h7-12,14,27,29-32H,6,13,15-16H2,1-5H3/t27-,29-,30+,31+,32+/m1/s1. The third-order valence-electron chi connectivity index (χ3n) is 6.51. The van der Waals surface area contributed by atoms with Gasteiger partial charge in [-0.3, -0.25) is 28.8 Å². The molecule has 248 valence electrons. The summed E-state index contributed by atoms with van der Waals surface area (Å²) in [5.74, 6) is -3.49. The molecule has 1 aliphatic heterocycles. The van der Waals surface area contributed by atoms with Crippen molar-refractivity contribution in [2.45, 2.75) is 71.7 Å². The topological polar surface area (TPSA) is 167 Å². The Balaban J connectivity index is 2.14. The number of halogens is 1. The Hall–Kier alpha value is -4.30. The lowest BCUT2D eigenvalue weighted by Crippen LogP contribution is -2.63. The van der Waals surface area contributed by atoms with Crippen LogP contribution in [0.5, 0.6) is 5.75 Å². The largest absolute Gasteiger partial charge is 0.466 e. The van der Waals surface area contributed by atoms with Gasteiger partial charge in [0, 0.05) is 38.8 Å². The molecular formula is C32H35BrO13. The quantitative estimate of drug-likeness (QED) is 0.129. The van der Waals surface area contributed by atoms with Crippen molar-refractivity contribution in [3.63, 3.8) is 0 Å². The van der Waals surface area contributed by atoms with E-state index in [2.05, 4.69) is 15.9 Å². The molecule has 46 heavy (non-hydrogen) atoms. The fraction of sp³-hybridized carbons (Fsp3) is 0.438. The lowest BCUT2D eigenvalue weighted by molar-refractivity contribution is -0.288. The summed E-state index contributed by atoms with van der Waals surface area (Å²) in [6, 6.07) is 11.6. The van der Waals surface area contributed by atoms with Crippen LogP contribution in [-0.4, -0.2) is 84.9 Å². The van der Waals surface area contributed by atoms with Crippen LogP contribution in [0.4, 0.5) is 0 Å². The molecule has 1 heterocycles. The minimum atomic E-state index is -1.50. The molecule has 0 bridgehead atoms. The van der Waals surface area contributed by atoms with Crippen molar-refractivity contribution in [1.29, 1.82) is 0 Å². The summed E-state index contributed by atoms with van der Waals surface area (Å²) >= 11 is 3.18. The van der Waals surface area contributed by atoms with Gasteiger partial charge >= 0.3 is 29.8 Å². The van der Waals surface area contributed by atoms with Crippen molar-refractivity contribution in [3.8, 4) is 16.9 Å². The highest BCUT2D eigenvalue weighted by molar-refractivity contribution is 9.09. The number of carbonyl (C=O) groups excluding carboxylic acids is 6. The van der Waals surface area contributed by atoms with E-state index in [0.717, 1.165) is 20.8 Å². The molecule has 14 heteroatoms. The van der Waals surface area contributed by atoms with Gasteiger partial charge in [-0.05, 0) is 36.2 Å². The molecule has 0 aromatic heterocycles. The predicted octanol–water partition coefficient (Wildman–Crippen LogP) is 3.50. The molecule has 0 aliphatic carbocycles. The van der Waals surface area contributed by atoms with Crippen LogP contribution in [0.25, 0.3) is 11.1 Å². The Morgan fingerprint density at radius 2 is 1.43 bits per heavy atom. The van der Waals surface area contributed by atoms with Crippen LogP contribution in [0.2, 0.25) is 0 Å². The zero-order valence-electron chi connectivity index (χ0n) is 25.9. The van der Waals surface area contributed by atoms with E-state index in [9.17, 15) is 28.8 Å². The lowest BCUT2D eigenvalue weighted by Gasteiger charge is -2.44. The van der Waals surface area contributed by atoms with Gasteiger partial charge in [-0.1, -0.05) is 40.2 Å². The van der Waals surface area contributed by atoms with Gasteiger partial charge in [-0.2, -0.15) is 0 Å². The number of rotatable bonds is 13. The van der Waals surface area contributed by atoms with Crippen molar-refractivity contribution in [2.75, 3.05) is 18.5 Å². The minimum absolute atomic E-state index is 0.00240. The molecule has 1 saturated heterocycles. The van der Waals surface area contributed by atoms with Crippen molar-refractivity contribution in [2.24, 2.45) is 0 Å². The smallest absolute Gasteiger partial charge is 0.310 e. The molecule has 0 radical (unpaired) electrons. The number of ketones is 1. The van der Waals surface area contributed by atoms with Gasteiger partial charge in [0.15, 0.2) is 18.0 Å². The van der Waals surface area contributed by atoms with E-state index in [0.29, 0.717) is 22.3 Å². The summed E-state index contributed by atoms with van der Waals surface area (Å²) in [6.45, 7) is 6.02. The second kappa shape index (κ2) is 16.9. The summed E-state index contributed by atoms with van der Waals surface area (Å²) in [5, 5.41) is 0.0508. The van der Waals surface area contributed by atoms with Crippen LogP contribution in [-0.2, 0) is 58.8 Å². The summed E-state index contributed by atoms with van der Waals surface area (Å²) in [7, 11) is 0. The van der Waals surface area contributed by atoms with E-state index < -0.39 is 67.2 Å². The highest BCUT2D eigenvalue weighted by Gasteiger charge is 2.53. The SMILES string of the molecule is CCOC(=O)Cc1cccc(-c2cc(C(=O)CBr)ccc2O[C@H]2O[C@H](COC(C)=O)[C@@H](OC(C)=O)[C@H](OC(C)=O)[C@@H]2OC(C)=O)c1. The van der Waals surface area contributed by atoms with Gasteiger partial charge in [0.05, 0.1) is 18.4 Å². The van der Waals surface area contributed by atoms with Gasteiger partial charge in [0.25, 0.3) is 0 Å². The van der Waals surface area contributed by atoms with Crippen molar-refractivity contribution < 1.29 is 61.9 Å². The van der Waals surface area contributed by atoms with Crippen LogP contribution in [0.15, 0.2) is 42.5 Å². The van der Waals surface area contributed by atoms with E-state index in [-0.39, 0.29) is 29.9 Å². The average Bonchev–Trinajstić information content (AvgIpc) is 2.98. The van der Waals surface area contributed by atoms with Crippen molar-refractivity contribution in [3.05, 3.63) is 53.6 Å². The number of carbonyl (C=O) groups is 6. The Morgan fingerprint density at radius 1 is 0.783 bits per heavy atom. The number of hydrogen-bond donors (Lipinski definition) is 0. The highest BCUT2D eigenvalue weighted by atomic mass is 79.9. The molecule has 0 saturated carbocycles. The molecule has 5 atom stereocenters. The van der Waals surface area contributed by atoms with Gasteiger partial charge in [-0.15, -0.1) is 0 Å². The first kappa shape index (κ1) is 36.2. The maximum Gasteiger partial charge on any atom is 0.310 e. The number of benzene rings is 2. The molecule has 3 rings (SSSR count). The fourth-order valence-corrected chi connectivity index (χ4v) is 5.07. The van der Waals surface area contributed by atoms with Gasteiger partial charge in [0.2, 0.25) is 12.4 Å². The van der Waals surface area contributed by atoms with Crippen LogP contribution in [0.1, 0.15) is 50.5 Å². The van der Waals surface area contributed by atoms with E-state index >= 15 is 0 Å². The number of alkyl halides is 1. The molecule has 2 aromatic carbocycles. The van der Waals surface area contributed by atoms with Gasteiger partial charge in [-0.25, -0.2) is 0 Å². The Morgan fingerprint density at radius 3 is 2.04 bits per heavy atom. The van der Waals surface area contributed by atoms with Crippen molar-refractivity contribution >= 4 is 51.6 Å². The van der Waals surface area contributed by atoms with E-state index in [1.54, 1.807) is 37.3 Å². The molecule has 2 aromatic rings. The van der Waals surface area contributed by atoms with Crippen LogP contribution in [0, 0.1) is 0 Å². The fourth-order valence-electron chi connectivity index (χ4n) is 4.75. The first-order chi connectivity index (χ1) is 21.8. The maximum absolute atomic E-state index is 12.6. The third-order valence-corrected chi connectivity index (χ3v) is 7.02. The Labute approximate surface area is 273 Å². The molecule has 0 unspecified atom stereocenters. The lowest BCUT2D eigenvalue weighted by atomic mass is 9.97. The molecule has 0 N–H and O–H groups in total. The number of esters is 5. The average molecular weight is 708 g/mol. The normalized spacial score (nSPS) is 20.5. The van der Waals surface area contributed by atoms with E-state index in [1.165, 1.54) is 19.1 Å². The second-order valence-electron chi connectivity index (χ2n) is 10.1. The first-order valence-electron chi connectivity index (χ1n) is 14.3. The van der Waals surface area contributed by atoms with Crippen LogP contribution < -0.4 is 4.74 Å². The summed E-state index contributed by atoms with van der Waals surface area (Å²) in [5.41, 5.74) is 1.94. The van der Waals surface area contributed by atoms with E-state index in [1.807, 2.05) is 0 Å². The zero-order chi connectivity index (χ0) is 34.0. The third kappa shape index (κ3) is 10.1. The Bertz CT molecular complexity index is 1460. The predicted molar refractivity (Wildman–Crippen MR) is 163 cm³/mol. The van der Waals surface area contributed by atoms with Gasteiger partial charge in [0.1, 0.15) is 18.5 Å². The second-order valence-corrected chi connectivity index (χ2v) is 10.7. The maximum atomic E-state index is 12.6. The first-order valence-corrected chi connectivity index (χ1v) is 15.4. The number of ether oxygens (including phenoxy) is 7. The van der Waals surface area contributed by atoms with Crippen LogP contribution >= 0.6 is 15.9 Å². The molecular weight excluding hydrogens is 672 g/mol. The number of hydrogen-bond acceptors (Lipinski definition) is 13. The highest BCUT2D eigenvalue weighted by Crippen LogP contribution is 2.36. The van der Waals surface area contributed by atoms with Gasteiger partial charge < -0.3 is 33.2 Å². The summed E-state index contributed by atoms with van der Waals surface area (Å²) < 4.78 is 39.0. The minimum Gasteiger partial charge on any atom is -0.466 e. The molecule has 13 nitrogen and oxygen atoms in total. The number of Topliss-reactive ketones (excluding diaryl/α,β-unsaturated/α-hetero) is 1. The zero-order valence-corrected chi connectivity index (χ0v) is 27.5. The Kier molecular flexibility index (Phi) is 13.2. The van der Waals surface area contributed by atoms with E-state index in [4.69, 9.17) is 33.2 Å². The summed E-state index contributed by atoms with van der Waals surface area (Å²) in [6.07, 6.45) is -6.99. The molecule has 1 aliphatic rings. The van der Waals surface area contributed by atoms with Crippen LogP contribution in [0.3, 0.4) is 0 Å². The molecule has 1 fully saturated rings. The monoisotopic (exact) mass is 706 g/mol. The van der Waals surface area contributed by atoms with Crippen molar-refractivity contribution in [1.82, 2.24) is 0 Å². The molecule has 0 amide bonds.